The lowest BCUT2D eigenvalue weighted by Crippen LogP contribution is -2.34. The summed E-state index contributed by atoms with van der Waals surface area (Å²) in [6.07, 6.45) is 2.47. The van der Waals surface area contributed by atoms with Gasteiger partial charge in [-0.15, -0.1) is 12.4 Å². The molecule has 7 heteroatoms. The largest absolute Gasteiger partial charge is 0.478 e. The molecule has 2 aromatic rings. The number of aliphatic carboxylic acids is 1. The number of nitrogens with zero attached hydrogens (tertiary/aromatic N) is 2. The first-order chi connectivity index (χ1) is 13.5. The number of aryl methyl sites for hydroxylation is 1. The van der Waals surface area contributed by atoms with Crippen LogP contribution in [0, 0.1) is 12.7 Å². The molecule has 0 radical (unpaired) electrons. The van der Waals surface area contributed by atoms with Gasteiger partial charge in [0.05, 0.1) is 0 Å². The quantitative estimate of drug-likeness (QED) is 0.418. The third-order valence-electron chi connectivity index (χ3n) is 4.66. The first kappa shape index (κ1) is 22.6. The van der Waals surface area contributed by atoms with Crippen LogP contribution in [0.5, 0.6) is 0 Å². The maximum Gasteiger partial charge on any atom is 0.332 e. The van der Waals surface area contributed by atoms with E-state index < -0.39 is 5.97 Å². The molecule has 0 aromatic heterocycles. The molecule has 0 saturated carbocycles. The Morgan fingerprint density at radius 3 is 2.76 bits per heavy atom. The van der Waals surface area contributed by atoms with Gasteiger partial charge in [-0.25, -0.2) is 9.18 Å². The smallest absolute Gasteiger partial charge is 0.332 e. The summed E-state index contributed by atoms with van der Waals surface area (Å²) in [4.78, 5) is 18.7. The molecule has 0 spiro atoms. The Kier molecular flexibility index (Phi) is 8.36. The molecule has 1 heterocycles. The first-order valence-corrected chi connectivity index (χ1v) is 9.21. The summed E-state index contributed by atoms with van der Waals surface area (Å²) in [5, 5.41) is 13.4. The van der Waals surface area contributed by atoms with E-state index in [1.807, 2.05) is 36.1 Å². The van der Waals surface area contributed by atoms with Gasteiger partial charge in [0, 0.05) is 36.3 Å². The molecule has 0 saturated heterocycles. The predicted octanol–water partition coefficient (Wildman–Crippen LogP) is 4.04. The summed E-state index contributed by atoms with van der Waals surface area (Å²) in [7, 11) is 0. The molecule has 29 heavy (non-hydrogen) atoms. The van der Waals surface area contributed by atoms with Crippen molar-refractivity contribution in [3.05, 3.63) is 82.7 Å². The van der Waals surface area contributed by atoms with Gasteiger partial charge in [0.25, 0.3) is 0 Å². The lowest BCUT2D eigenvalue weighted by Gasteiger charge is -2.24. The number of hydrogen-bond acceptors (Lipinski definition) is 4. The second-order valence-electron chi connectivity index (χ2n) is 6.70. The van der Waals surface area contributed by atoms with Crippen molar-refractivity contribution in [2.75, 3.05) is 26.2 Å². The van der Waals surface area contributed by atoms with Gasteiger partial charge in [-0.1, -0.05) is 47.6 Å². The van der Waals surface area contributed by atoms with Crippen LogP contribution in [0.25, 0.3) is 0 Å². The molecule has 154 valence electrons. The summed E-state index contributed by atoms with van der Waals surface area (Å²) in [5.74, 6) is -1.21. The topological polar surface area (TPSA) is 62.1 Å². The van der Waals surface area contributed by atoms with Crippen LogP contribution in [0.1, 0.15) is 23.1 Å². The highest BCUT2D eigenvalue weighted by Gasteiger charge is 2.17. The predicted molar refractivity (Wildman–Crippen MR) is 113 cm³/mol. The van der Waals surface area contributed by atoms with Gasteiger partial charge in [0.2, 0.25) is 0 Å². The number of hydrogen-bond donors (Lipinski definition) is 1. The molecular weight excluding hydrogens is 395 g/mol. The molecule has 0 amide bonds. The van der Waals surface area contributed by atoms with E-state index in [0.717, 1.165) is 17.7 Å². The lowest BCUT2D eigenvalue weighted by atomic mass is 9.98. The number of carbonyl (C=O) groups is 1. The Balaban J connectivity index is 0.00000300. The molecule has 0 fully saturated rings. The van der Waals surface area contributed by atoms with E-state index in [2.05, 4.69) is 5.16 Å². The summed E-state index contributed by atoms with van der Waals surface area (Å²) in [6.45, 7) is 4.04. The van der Waals surface area contributed by atoms with Gasteiger partial charge in [-0.05, 0) is 31.0 Å². The van der Waals surface area contributed by atoms with Gasteiger partial charge in [0.1, 0.15) is 18.1 Å². The monoisotopic (exact) mass is 418 g/mol. The van der Waals surface area contributed by atoms with Crippen LogP contribution in [0.4, 0.5) is 4.39 Å². The number of benzene rings is 2. The van der Waals surface area contributed by atoms with Gasteiger partial charge in [-0.2, -0.15) is 0 Å². The Bertz CT molecular complexity index is 914. The number of carboxylic acid groups (broad SMARTS) is 1. The highest BCUT2D eigenvalue weighted by atomic mass is 35.5. The fraction of sp³-hybridized carbons (Fsp3) is 0.273. The number of carboxylic acids is 1. The Labute approximate surface area is 175 Å². The molecule has 1 N–H and O–H groups in total. The van der Waals surface area contributed by atoms with Crippen LogP contribution in [-0.2, 0) is 9.63 Å². The molecule has 0 unspecified atom stereocenters. The van der Waals surface area contributed by atoms with Gasteiger partial charge < -0.3 is 9.94 Å². The SMILES string of the molecule is Cc1ccccc1C(=NOCCN1CCC=C(C(=O)O)C1)c1cccc(F)c1.Cl. The van der Waals surface area contributed by atoms with E-state index in [1.165, 1.54) is 12.1 Å². The van der Waals surface area contributed by atoms with Crippen molar-refractivity contribution in [3.8, 4) is 0 Å². The summed E-state index contributed by atoms with van der Waals surface area (Å²) in [5.41, 5.74) is 3.52. The second kappa shape index (κ2) is 10.7. The molecule has 5 nitrogen and oxygen atoms in total. The fourth-order valence-corrected chi connectivity index (χ4v) is 3.16. The fourth-order valence-electron chi connectivity index (χ4n) is 3.16. The minimum absolute atomic E-state index is 0. The van der Waals surface area contributed by atoms with Crippen molar-refractivity contribution >= 4 is 24.1 Å². The molecule has 2 aromatic carbocycles. The van der Waals surface area contributed by atoms with Crippen molar-refractivity contribution in [2.24, 2.45) is 5.16 Å². The van der Waals surface area contributed by atoms with Gasteiger partial charge in [-0.3, -0.25) is 4.90 Å². The average molecular weight is 419 g/mol. The van der Waals surface area contributed by atoms with Crippen LogP contribution in [-0.4, -0.2) is 47.9 Å². The van der Waals surface area contributed by atoms with E-state index >= 15 is 0 Å². The van der Waals surface area contributed by atoms with Crippen molar-refractivity contribution < 1.29 is 19.1 Å². The lowest BCUT2D eigenvalue weighted by molar-refractivity contribution is -0.133. The van der Waals surface area contributed by atoms with Gasteiger partial charge >= 0.3 is 5.97 Å². The average Bonchev–Trinajstić information content (AvgIpc) is 2.69. The summed E-state index contributed by atoms with van der Waals surface area (Å²) < 4.78 is 13.7. The van der Waals surface area contributed by atoms with E-state index in [-0.39, 0.29) is 18.2 Å². The second-order valence-corrected chi connectivity index (χ2v) is 6.70. The molecule has 3 rings (SSSR count). The minimum Gasteiger partial charge on any atom is -0.478 e. The van der Waals surface area contributed by atoms with Gasteiger partial charge in [0.15, 0.2) is 0 Å². The van der Waals surface area contributed by atoms with E-state index in [1.54, 1.807) is 18.2 Å². The molecule has 0 aliphatic carbocycles. The summed E-state index contributed by atoms with van der Waals surface area (Å²) >= 11 is 0. The standard InChI is InChI=1S/C22H23FN2O3.ClH/c1-16-6-2-3-10-20(16)21(17-7-4-9-19(23)14-17)24-28-13-12-25-11-5-8-18(15-25)22(26)27;/h2-4,6-10,14H,5,11-13,15H2,1H3,(H,26,27);1H. The van der Waals surface area contributed by atoms with Crippen LogP contribution in [0.3, 0.4) is 0 Å². The molecule has 0 bridgehead atoms. The Morgan fingerprint density at radius 2 is 2.03 bits per heavy atom. The van der Waals surface area contributed by atoms with Crippen molar-refractivity contribution in [1.29, 1.82) is 0 Å². The van der Waals surface area contributed by atoms with E-state index in [4.69, 9.17) is 9.94 Å². The Morgan fingerprint density at radius 1 is 1.24 bits per heavy atom. The number of halogens is 2. The zero-order chi connectivity index (χ0) is 19.9. The highest BCUT2D eigenvalue weighted by molar-refractivity contribution is 6.13. The zero-order valence-corrected chi connectivity index (χ0v) is 17.0. The van der Waals surface area contributed by atoms with E-state index in [9.17, 15) is 9.18 Å². The normalized spacial score (nSPS) is 14.7. The molecule has 0 atom stereocenters. The number of rotatable bonds is 7. The van der Waals surface area contributed by atoms with Crippen molar-refractivity contribution in [3.63, 3.8) is 0 Å². The Hall–Kier alpha value is -2.70. The maximum atomic E-state index is 13.7. The molecular formula is C22H24ClFN2O3. The van der Waals surface area contributed by atoms with Crippen LogP contribution in [0.2, 0.25) is 0 Å². The molecule has 1 aliphatic heterocycles. The third kappa shape index (κ3) is 6.14. The van der Waals surface area contributed by atoms with Crippen LogP contribution >= 0.6 is 12.4 Å². The van der Waals surface area contributed by atoms with Crippen molar-refractivity contribution in [1.82, 2.24) is 4.90 Å². The summed E-state index contributed by atoms with van der Waals surface area (Å²) in [6, 6.07) is 14.0. The third-order valence-corrected chi connectivity index (χ3v) is 4.66. The maximum absolute atomic E-state index is 13.7. The minimum atomic E-state index is -0.878. The molecule has 1 aliphatic rings. The highest BCUT2D eigenvalue weighted by Crippen LogP contribution is 2.16. The first-order valence-electron chi connectivity index (χ1n) is 9.21. The van der Waals surface area contributed by atoms with Crippen LogP contribution < -0.4 is 0 Å². The zero-order valence-electron chi connectivity index (χ0n) is 16.2. The van der Waals surface area contributed by atoms with Crippen LogP contribution in [0.15, 0.2) is 65.3 Å². The van der Waals surface area contributed by atoms with Crippen molar-refractivity contribution in [2.45, 2.75) is 13.3 Å². The van der Waals surface area contributed by atoms with E-state index in [0.29, 0.717) is 43.0 Å². The number of oxime groups is 1.